The van der Waals surface area contributed by atoms with E-state index in [2.05, 4.69) is 0 Å². The molecule has 0 spiro atoms. The van der Waals surface area contributed by atoms with Crippen LogP contribution in [0.3, 0.4) is 0 Å². The van der Waals surface area contributed by atoms with Gasteiger partial charge in [-0.1, -0.05) is 18.2 Å². The maximum Gasteiger partial charge on any atom is 0.247 e. The van der Waals surface area contributed by atoms with Crippen LogP contribution in [0.2, 0.25) is 0 Å². The van der Waals surface area contributed by atoms with Gasteiger partial charge in [0.1, 0.15) is 12.4 Å². The van der Waals surface area contributed by atoms with Crippen LogP contribution in [-0.2, 0) is 17.8 Å². The Morgan fingerprint density at radius 3 is 2.88 bits per heavy atom. The van der Waals surface area contributed by atoms with Crippen molar-refractivity contribution in [3.05, 3.63) is 65.6 Å². The second kappa shape index (κ2) is 6.41. The summed E-state index contributed by atoms with van der Waals surface area (Å²) in [7, 11) is 0. The van der Waals surface area contributed by atoms with E-state index in [9.17, 15) is 14.0 Å². The summed E-state index contributed by atoms with van der Waals surface area (Å²) in [4.78, 5) is 26.2. The van der Waals surface area contributed by atoms with Crippen LogP contribution in [-0.4, -0.2) is 22.8 Å². The van der Waals surface area contributed by atoms with Crippen LogP contribution in [0, 0.1) is 5.82 Å². The van der Waals surface area contributed by atoms with Crippen molar-refractivity contribution in [2.45, 2.75) is 32.4 Å². The topological polar surface area (TPSA) is 42.3 Å². The highest BCUT2D eigenvalue weighted by atomic mass is 19.1. The predicted octanol–water partition coefficient (Wildman–Crippen LogP) is 3.96. The summed E-state index contributed by atoms with van der Waals surface area (Å²) in [6.07, 6.45) is 4.09. The Morgan fingerprint density at radius 2 is 2.08 bits per heavy atom. The first kappa shape index (κ1) is 16.5. The molecule has 1 aliphatic rings. The lowest BCUT2D eigenvalue weighted by atomic mass is 9.96. The number of carbonyl (C=O) groups excluding carboxylic acids is 2. The molecule has 1 aliphatic heterocycles. The van der Waals surface area contributed by atoms with E-state index in [1.807, 2.05) is 35.8 Å². The SMILES string of the molecule is C[C@H]1CCc2cc(F)ccc2N1C(=O)Cn1cc(C=O)c2ccccc21. The molecule has 4 nitrogen and oxygen atoms in total. The van der Waals surface area contributed by atoms with Crippen molar-refractivity contribution < 1.29 is 14.0 Å². The first-order valence-corrected chi connectivity index (χ1v) is 8.72. The lowest BCUT2D eigenvalue weighted by molar-refractivity contribution is -0.119. The number of benzene rings is 2. The van der Waals surface area contributed by atoms with Gasteiger partial charge in [0.15, 0.2) is 6.29 Å². The Bertz CT molecular complexity index is 1010. The molecule has 2 aromatic carbocycles. The van der Waals surface area contributed by atoms with Crippen LogP contribution in [0.5, 0.6) is 0 Å². The first-order chi connectivity index (χ1) is 12.6. The van der Waals surface area contributed by atoms with E-state index in [0.29, 0.717) is 5.56 Å². The van der Waals surface area contributed by atoms with Gasteiger partial charge in [0, 0.05) is 34.4 Å². The van der Waals surface area contributed by atoms with Gasteiger partial charge in [-0.25, -0.2) is 4.39 Å². The third-order valence-corrected chi connectivity index (χ3v) is 5.09. The molecule has 26 heavy (non-hydrogen) atoms. The van der Waals surface area contributed by atoms with Crippen LogP contribution in [0.15, 0.2) is 48.7 Å². The van der Waals surface area contributed by atoms with Crippen LogP contribution in [0.4, 0.5) is 10.1 Å². The molecule has 0 saturated carbocycles. The zero-order valence-electron chi connectivity index (χ0n) is 14.5. The van der Waals surface area contributed by atoms with Gasteiger partial charge in [0.05, 0.1) is 0 Å². The number of hydrogen-bond donors (Lipinski definition) is 0. The summed E-state index contributed by atoms with van der Waals surface area (Å²) in [5.74, 6) is -0.346. The number of aromatic nitrogens is 1. The molecule has 0 radical (unpaired) electrons. The summed E-state index contributed by atoms with van der Waals surface area (Å²) in [5, 5.41) is 0.837. The van der Waals surface area contributed by atoms with Gasteiger partial charge in [0.2, 0.25) is 5.91 Å². The molecule has 4 rings (SSSR count). The number of amides is 1. The predicted molar refractivity (Wildman–Crippen MR) is 99.0 cm³/mol. The number of nitrogens with zero attached hydrogens (tertiary/aromatic N) is 2. The standard InChI is InChI=1S/C21H19FN2O2/c1-14-6-7-15-10-17(22)8-9-19(15)24(14)21(26)12-23-11-16(13-25)18-4-2-3-5-20(18)23/h2-5,8-11,13-14H,6-7,12H2,1H3/t14-/m0/s1. The monoisotopic (exact) mass is 350 g/mol. The van der Waals surface area contributed by atoms with Crippen molar-refractivity contribution in [3.8, 4) is 0 Å². The number of aryl methyl sites for hydroxylation is 1. The molecule has 0 unspecified atom stereocenters. The van der Waals surface area contributed by atoms with E-state index in [0.717, 1.165) is 41.3 Å². The number of aldehydes is 1. The van der Waals surface area contributed by atoms with E-state index in [1.54, 1.807) is 17.2 Å². The lowest BCUT2D eigenvalue weighted by Gasteiger charge is -2.35. The van der Waals surface area contributed by atoms with Crippen LogP contribution < -0.4 is 4.90 Å². The molecule has 1 atom stereocenters. The highest BCUT2D eigenvalue weighted by molar-refractivity contribution is 6.00. The number of hydrogen-bond acceptors (Lipinski definition) is 2. The van der Waals surface area contributed by atoms with Gasteiger partial charge < -0.3 is 9.47 Å². The van der Waals surface area contributed by atoms with Crippen molar-refractivity contribution in [3.63, 3.8) is 0 Å². The average molecular weight is 350 g/mol. The second-order valence-electron chi connectivity index (χ2n) is 6.77. The normalized spacial score (nSPS) is 16.5. The zero-order valence-corrected chi connectivity index (χ0v) is 14.5. The molecule has 1 amide bonds. The molecule has 1 aromatic heterocycles. The summed E-state index contributed by atoms with van der Waals surface area (Å²) in [6.45, 7) is 2.14. The van der Waals surface area contributed by atoms with Crippen molar-refractivity contribution in [1.82, 2.24) is 4.57 Å². The minimum atomic E-state index is -0.280. The Hall–Kier alpha value is -2.95. The van der Waals surface area contributed by atoms with Gasteiger partial charge in [-0.05, 0) is 49.6 Å². The largest absolute Gasteiger partial charge is 0.337 e. The fourth-order valence-corrected chi connectivity index (χ4v) is 3.82. The zero-order chi connectivity index (χ0) is 18.3. The number of rotatable bonds is 3. The second-order valence-corrected chi connectivity index (χ2v) is 6.77. The van der Waals surface area contributed by atoms with Crippen LogP contribution in [0.1, 0.15) is 29.3 Å². The number of para-hydroxylation sites is 1. The Kier molecular flexibility index (Phi) is 4.07. The average Bonchev–Trinajstić information content (AvgIpc) is 2.99. The highest BCUT2D eigenvalue weighted by Crippen LogP contribution is 2.32. The minimum absolute atomic E-state index is 0.0489. The van der Waals surface area contributed by atoms with Crippen LogP contribution >= 0.6 is 0 Å². The Labute approximate surface area is 150 Å². The maximum absolute atomic E-state index is 13.5. The molecular formula is C21H19FN2O2. The summed E-state index contributed by atoms with van der Waals surface area (Å²) < 4.78 is 15.4. The third kappa shape index (κ3) is 2.69. The molecule has 5 heteroatoms. The highest BCUT2D eigenvalue weighted by Gasteiger charge is 2.28. The summed E-state index contributed by atoms with van der Waals surface area (Å²) >= 11 is 0. The number of fused-ring (bicyclic) bond motifs is 2. The molecular weight excluding hydrogens is 331 g/mol. The van der Waals surface area contributed by atoms with E-state index in [4.69, 9.17) is 0 Å². The van der Waals surface area contributed by atoms with Gasteiger partial charge >= 0.3 is 0 Å². The van der Waals surface area contributed by atoms with Gasteiger partial charge in [-0.3, -0.25) is 9.59 Å². The summed E-state index contributed by atoms with van der Waals surface area (Å²) in [6, 6.07) is 12.2. The molecule has 132 valence electrons. The van der Waals surface area contributed by atoms with E-state index in [-0.39, 0.29) is 24.3 Å². The van der Waals surface area contributed by atoms with Crippen molar-refractivity contribution >= 4 is 28.8 Å². The lowest BCUT2D eigenvalue weighted by Crippen LogP contribution is -2.43. The van der Waals surface area contributed by atoms with Gasteiger partial charge in [0.25, 0.3) is 0 Å². The molecule has 2 heterocycles. The van der Waals surface area contributed by atoms with Gasteiger partial charge in [-0.15, -0.1) is 0 Å². The van der Waals surface area contributed by atoms with Gasteiger partial charge in [-0.2, -0.15) is 0 Å². The molecule has 0 fully saturated rings. The van der Waals surface area contributed by atoms with E-state index < -0.39 is 0 Å². The number of anilines is 1. The quantitative estimate of drug-likeness (QED) is 0.671. The molecule has 0 N–H and O–H groups in total. The van der Waals surface area contributed by atoms with Crippen LogP contribution in [0.25, 0.3) is 10.9 Å². The minimum Gasteiger partial charge on any atom is -0.337 e. The molecule has 0 bridgehead atoms. The van der Waals surface area contributed by atoms with Crippen molar-refractivity contribution in [2.75, 3.05) is 4.90 Å². The van der Waals surface area contributed by atoms with Crippen molar-refractivity contribution in [1.29, 1.82) is 0 Å². The molecule has 3 aromatic rings. The third-order valence-electron chi connectivity index (χ3n) is 5.09. The maximum atomic E-state index is 13.5. The van der Waals surface area contributed by atoms with E-state index in [1.165, 1.54) is 12.1 Å². The first-order valence-electron chi connectivity index (χ1n) is 8.72. The molecule has 0 aliphatic carbocycles. The summed E-state index contributed by atoms with van der Waals surface area (Å²) in [5.41, 5.74) is 3.07. The fourth-order valence-electron chi connectivity index (χ4n) is 3.82. The Balaban J connectivity index is 1.70. The fraction of sp³-hybridized carbons (Fsp3) is 0.238. The van der Waals surface area contributed by atoms with E-state index >= 15 is 0 Å². The van der Waals surface area contributed by atoms with Crippen molar-refractivity contribution in [2.24, 2.45) is 0 Å². The molecule has 0 saturated heterocycles. The number of halogens is 1. The Morgan fingerprint density at radius 1 is 1.27 bits per heavy atom. The smallest absolute Gasteiger partial charge is 0.247 e. The number of carbonyl (C=O) groups is 2.